The van der Waals surface area contributed by atoms with Crippen molar-refractivity contribution in [1.82, 2.24) is 20.2 Å². The minimum Gasteiger partial charge on any atom is -0.224 e. The van der Waals surface area contributed by atoms with E-state index in [2.05, 4.69) is 15.5 Å². The molecule has 1 heterocycles. The Morgan fingerprint density at radius 2 is 1.80 bits per heavy atom. The Morgan fingerprint density at radius 1 is 1.04 bits per heavy atom. The van der Waals surface area contributed by atoms with E-state index >= 15 is 0 Å². The standard InChI is InChI=1S/C17H18N4O2S2/c1-13-7-6-10-16(14(13)2)21-17(18-19-20-21)24-11-12-25(22,23)15-8-4-3-5-9-15/h3-10H,11-12H2,1-2H3. The zero-order chi connectivity index (χ0) is 17.9. The Bertz CT molecular complexity index is 969. The molecule has 0 spiro atoms. The molecule has 1 aromatic heterocycles. The second-order valence-electron chi connectivity index (χ2n) is 5.57. The third kappa shape index (κ3) is 3.91. The van der Waals surface area contributed by atoms with Gasteiger partial charge in [-0.15, -0.1) is 5.10 Å². The van der Waals surface area contributed by atoms with Gasteiger partial charge in [0, 0.05) is 5.75 Å². The molecule has 6 nitrogen and oxygen atoms in total. The van der Waals surface area contributed by atoms with Gasteiger partial charge in [-0.2, -0.15) is 4.68 Å². The molecule has 0 aliphatic rings. The first kappa shape index (κ1) is 17.6. The predicted molar refractivity (Wildman–Crippen MR) is 97.8 cm³/mol. The normalized spacial score (nSPS) is 11.6. The first-order chi connectivity index (χ1) is 12.0. The first-order valence-corrected chi connectivity index (χ1v) is 10.4. The molecular weight excluding hydrogens is 356 g/mol. The van der Waals surface area contributed by atoms with Crippen molar-refractivity contribution in [3.05, 3.63) is 59.7 Å². The number of nitrogens with zero attached hydrogens (tertiary/aromatic N) is 4. The van der Waals surface area contributed by atoms with Crippen molar-refractivity contribution in [2.24, 2.45) is 0 Å². The fraction of sp³-hybridized carbons (Fsp3) is 0.235. The summed E-state index contributed by atoms with van der Waals surface area (Å²) in [7, 11) is -3.30. The lowest BCUT2D eigenvalue weighted by molar-refractivity contribution is 0.597. The number of aromatic nitrogens is 4. The lowest BCUT2D eigenvalue weighted by atomic mass is 10.1. The van der Waals surface area contributed by atoms with Crippen molar-refractivity contribution < 1.29 is 8.42 Å². The van der Waals surface area contributed by atoms with E-state index in [1.807, 2.05) is 32.0 Å². The monoisotopic (exact) mass is 374 g/mol. The average Bonchev–Trinajstić information content (AvgIpc) is 3.06. The zero-order valence-corrected chi connectivity index (χ0v) is 15.6. The van der Waals surface area contributed by atoms with Crippen molar-refractivity contribution in [2.75, 3.05) is 11.5 Å². The molecule has 2 aromatic carbocycles. The number of hydrogen-bond donors (Lipinski definition) is 0. The van der Waals surface area contributed by atoms with Gasteiger partial charge in [0.1, 0.15) is 0 Å². The molecule has 0 fully saturated rings. The highest BCUT2D eigenvalue weighted by Crippen LogP contribution is 2.23. The smallest absolute Gasteiger partial charge is 0.214 e. The van der Waals surface area contributed by atoms with Crippen molar-refractivity contribution in [1.29, 1.82) is 0 Å². The summed E-state index contributed by atoms with van der Waals surface area (Å²) in [5.41, 5.74) is 3.14. The Hall–Kier alpha value is -2.19. The number of aryl methyl sites for hydroxylation is 1. The second kappa shape index (κ2) is 7.37. The van der Waals surface area contributed by atoms with Crippen LogP contribution < -0.4 is 0 Å². The molecule has 0 unspecified atom stereocenters. The fourth-order valence-corrected chi connectivity index (χ4v) is 4.93. The topological polar surface area (TPSA) is 77.7 Å². The summed E-state index contributed by atoms with van der Waals surface area (Å²) in [5, 5.41) is 12.4. The van der Waals surface area contributed by atoms with Crippen molar-refractivity contribution >= 4 is 21.6 Å². The van der Waals surface area contributed by atoms with Crippen LogP contribution in [0.15, 0.2) is 58.6 Å². The molecular formula is C17H18N4O2S2. The number of rotatable bonds is 6. The molecule has 8 heteroatoms. The predicted octanol–water partition coefficient (Wildman–Crippen LogP) is 2.85. The van der Waals surface area contributed by atoms with E-state index in [0.29, 0.717) is 15.8 Å². The third-order valence-electron chi connectivity index (χ3n) is 3.93. The molecule has 0 saturated heterocycles. The lowest BCUT2D eigenvalue weighted by Crippen LogP contribution is -2.09. The highest BCUT2D eigenvalue weighted by Gasteiger charge is 2.16. The molecule has 0 radical (unpaired) electrons. The molecule has 0 amide bonds. The molecule has 25 heavy (non-hydrogen) atoms. The summed E-state index contributed by atoms with van der Waals surface area (Å²) in [6.07, 6.45) is 0. The molecule has 0 aliphatic heterocycles. The molecule has 0 atom stereocenters. The van der Waals surface area contributed by atoms with Crippen LogP contribution in [0.25, 0.3) is 5.69 Å². The van der Waals surface area contributed by atoms with E-state index in [1.165, 1.54) is 11.8 Å². The number of benzene rings is 2. The van der Waals surface area contributed by atoms with Gasteiger partial charge >= 0.3 is 0 Å². The highest BCUT2D eigenvalue weighted by molar-refractivity contribution is 8.00. The number of sulfone groups is 1. The Labute approximate surface area is 151 Å². The summed E-state index contributed by atoms with van der Waals surface area (Å²) in [5.74, 6) is 0.407. The van der Waals surface area contributed by atoms with Crippen LogP contribution in [-0.2, 0) is 9.84 Å². The molecule has 0 bridgehead atoms. The van der Waals surface area contributed by atoms with Gasteiger partial charge in [0.2, 0.25) is 5.16 Å². The number of hydrogen-bond acceptors (Lipinski definition) is 6. The van der Waals surface area contributed by atoms with Crippen LogP contribution in [-0.4, -0.2) is 40.1 Å². The van der Waals surface area contributed by atoms with E-state index in [4.69, 9.17) is 0 Å². The van der Waals surface area contributed by atoms with Crippen LogP contribution in [0, 0.1) is 13.8 Å². The van der Waals surface area contributed by atoms with Crippen LogP contribution in [0.2, 0.25) is 0 Å². The van der Waals surface area contributed by atoms with E-state index in [9.17, 15) is 8.42 Å². The fourth-order valence-electron chi connectivity index (χ4n) is 2.37. The van der Waals surface area contributed by atoms with Gasteiger partial charge in [-0.25, -0.2) is 8.42 Å². The summed E-state index contributed by atoms with van der Waals surface area (Å²) < 4.78 is 26.3. The van der Waals surface area contributed by atoms with E-state index in [0.717, 1.165) is 16.8 Å². The second-order valence-corrected chi connectivity index (χ2v) is 8.74. The lowest BCUT2D eigenvalue weighted by Gasteiger charge is -2.09. The van der Waals surface area contributed by atoms with Gasteiger partial charge < -0.3 is 0 Å². The quantitative estimate of drug-likeness (QED) is 0.618. The number of thioether (sulfide) groups is 1. The molecule has 3 rings (SSSR count). The molecule has 0 saturated carbocycles. The zero-order valence-electron chi connectivity index (χ0n) is 14.0. The molecule has 3 aromatic rings. The van der Waals surface area contributed by atoms with Crippen molar-refractivity contribution in [2.45, 2.75) is 23.9 Å². The number of tetrazole rings is 1. The van der Waals surface area contributed by atoms with E-state index in [-0.39, 0.29) is 5.75 Å². The minimum atomic E-state index is -3.30. The van der Waals surface area contributed by atoms with Crippen LogP contribution in [0.4, 0.5) is 0 Å². The van der Waals surface area contributed by atoms with Crippen LogP contribution in [0.5, 0.6) is 0 Å². The summed E-state index contributed by atoms with van der Waals surface area (Å²) in [6.45, 7) is 4.04. The van der Waals surface area contributed by atoms with Gasteiger partial charge in [0.05, 0.1) is 16.3 Å². The largest absolute Gasteiger partial charge is 0.224 e. The molecule has 130 valence electrons. The van der Waals surface area contributed by atoms with Gasteiger partial charge in [0.15, 0.2) is 9.84 Å². The van der Waals surface area contributed by atoms with Gasteiger partial charge in [0.25, 0.3) is 0 Å². The third-order valence-corrected chi connectivity index (χ3v) is 6.84. The Balaban J connectivity index is 1.74. The van der Waals surface area contributed by atoms with Crippen LogP contribution >= 0.6 is 11.8 Å². The van der Waals surface area contributed by atoms with Gasteiger partial charge in [-0.3, -0.25) is 0 Å². The SMILES string of the molecule is Cc1cccc(-n2nnnc2SCCS(=O)(=O)c2ccccc2)c1C. The maximum atomic E-state index is 12.3. The first-order valence-electron chi connectivity index (χ1n) is 7.74. The molecule has 0 aliphatic carbocycles. The van der Waals surface area contributed by atoms with Crippen LogP contribution in [0.3, 0.4) is 0 Å². The average molecular weight is 374 g/mol. The van der Waals surface area contributed by atoms with Gasteiger partial charge in [-0.05, 0) is 53.6 Å². The van der Waals surface area contributed by atoms with E-state index < -0.39 is 9.84 Å². The van der Waals surface area contributed by atoms with E-state index in [1.54, 1.807) is 35.0 Å². The van der Waals surface area contributed by atoms with Crippen molar-refractivity contribution in [3.63, 3.8) is 0 Å². The van der Waals surface area contributed by atoms with Crippen LogP contribution in [0.1, 0.15) is 11.1 Å². The summed E-state index contributed by atoms with van der Waals surface area (Å²) >= 11 is 1.33. The maximum Gasteiger partial charge on any atom is 0.214 e. The summed E-state index contributed by atoms with van der Waals surface area (Å²) in [4.78, 5) is 0.338. The minimum absolute atomic E-state index is 0.0291. The van der Waals surface area contributed by atoms with Gasteiger partial charge in [-0.1, -0.05) is 42.1 Å². The maximum absolute atomic E-state index is 12.3. The Morgan fingerprint density at radius 3 is 2.56 bits per heavy atom. The molecule has 0 N–H and O–H groups in total. The summed E-state index contributed by atoms with van der Waals surface area (Å²) in [6, 6.07) is 14.4. The Kier molecular flexibility index (Phi) is 5.19. The highest BCUT2D eigenvalue weighted by atomic mass is 32.2. The van der Waals surface area contributed by atoms with Crippen molar-refractivity contribution in [3.8, 4) is 5.69 Å².